The molecule has 0 aromatic carbocycles. The molecule has 26 heavy (non-hydrogen) atoms. The van der Waals surface area contributed by atoms with E-state index in [1.54, 1.807) is 12.1 Å². The van der Waals surface area contributed by atoms with Crippen LogP contribution in [0.1, 0.15) is 22.5 Å². The van der Waals surface area contributed by atoms with E-state index in [1.165, 1.54) is 0 Å². The van der Waals surface area contributed by atoms with Gasteiger partial charge in [0.05, 0.1) is 13.2 Å². The van der Waals surface area contributed by atoms with Gasteiger partial charge in [0.1, 0.15) is 23.4 Å². The largest absolute Gasteiger partial charge is 0.468 e. The summed E-state index contributed by atoms with van der Waals surface area (Å²) in [6.45, 7) is 6.47. The molecule has 0 radical (unpaired) electrons. The van der Waals surface area contributed by atoms with Crippen LogP contribution in [0.25, 0.3) is 11.2 Å². The standard InChI is InChI=1S/C17H14N6O3/c1-9-13(14(19-2)15-16(20-9)23-26-22-15)5-11-4-3-10(6-18)17(21-11)25-12-7-24-8-12/h3-4,12H,2,5,7-8H2,1H3. The highest BCUT2D eigenvalue weighted by atomic mass is 16.6. The molecule has 0 bridgehead atoms. The smallest absolute Gasteiger partial charge is 0.232 e. The summed E-state index contributed by atoms with van der Waals surface area (Å²) in [5, 5.41) is 16.9. The molecular weight excluding hydrogens is 336 g/mol. The molecule has 3 aromatic rings. The molecule has 0 spiro atoms. The van der Waals surface area contributed by atoms with Crippen LogP contribution in [0.3, 0.4) is 0 Å². The van der Waals surface area contributed by atoms with Gasteiger partial charge in [0, 0.05) is 23.4 Å². The summed E-state index contributed by atoms with van der Waals surface area (Å²) in [6, 6.07) is 5.56. The normalized spacial score (nSPS) is 14.0. The first-order valence-corrected chi connectivity index (χ1v) is 7.92. The Kier molecular flexibility index (Phi) is 4.02. The maximum Gasteiger partial charge on any atom is 0.232 e. The Balaban J connectivity index is 1.72. The Bertz CT molecular complexity index is 1030. The predicted molar refractivity (Wildman–Crippen MR) is 90.5 cm³/mol. The third-order valence-corrected chi connectivity index (χ3v) is 4.13. The molecule has 1 fully saturated rings. The lowest BCUT2D eigenvalue weighted by molar-refractivity contribution is -0.0814. The third kappa shape index (κ3) is 2.76. The van der Waals surface area contributed by atoms with Crippen molar-refractivity contribution >= 4 is 23.6 Å². The monoisotopic (exact) mass is 350 g/mol. The fraction of sp³-hybridized carbons (Fsp3) is 0.294. The molecule has 4 rings (SSSR count). The molecule has 0 saturated carbocycles. The Labute approximate surface area is 148 Å². The number of nitrogens with zero attached hydrogens (tertiary/aromatic N) is 6. The molecule has 0 unspecified atom stereocenters. The maximum absolute atomic E-state index is 9.26. The van der Waals surface area contributed by atoms with Crippen molar-refractivity contribution < 1.29 is 14.1 Å². The van der Waals surface area contributed by atoms with Crippen molar-refractivity contribution in [2.45, 2.75) is 19.4 Å². The molecule has 9 nitrogen and oxygen atoms in total. The van der Waals surface area contributed by atoms with Gasteiger partial charge in [-0.3, -0.25) is 4.99 Å². The molecule has 1 aliphatic heterocycles. The van der Waals surface area contributed by atoms with E-state index in [2.05, 4.69) is 38.1 Å². The highest BCUT2D eigenvalue weighted by molar-refractivity contribution is 5.86. The van der Waals surface area contributed by atoms with Crippen LogP contribution < -0.4 is 4.74 Å². The minimum absolute atomic E-state index is 0.0730. The second kappa shape index (κ2) is 6.50. The van der Waals surface area contributed by atoms with E-state index < -0.39 is 0 Å². The van der Waals surface area contributed by atoms with Crippen LogP contribution in [0.2, 0.25) is 0 Å². The van der Waals surface area contributed by atoms with E-state index in [9.17, 15) is 5.26 Å². The minimum Gasteiger partial charge on any atom is -0.468 e. The number of aryl methyl sites for hydroxylation is 1. The zero-order chi connectivity index (χ0) is 18.1. The molecule has 9 heteroatoms. The van der Waals surface area contributed by atoms with Crippen molar-refractivity contribution in [1.82, 2.24) is 20.3 Å². The number of aromatic nitrogens is 4. The third-order valence-electron chi connectivity index (χ3n) is 4.13. The number of nitriles is 1. The molecule has 0 N–H and O–H groups in total. The van der Waals surface area contributed by atoms with Crippen LogP contribution in [0.4, 0.5) is 5.69 Å². The molecule has 0 aliphatic carbocycles. The molecule has 1 aliphatic rings. The topological polar surface area (TPSA) is 119 Å². The average Bonchev–Trinajstić information content (AvgIpc) is 3.06. The lowest BCUT2D eigenvalue weighted by Crippen LogP contribution is -2.39. The van der Waals surface area contributed by atoms with Gasteiger partial charge >= 0.3 is 0 Å². The Morgan fingerprint density at radius 2 is 2.19 bits per heavy atom. The quantitative estimate of drug-likeness (QED) is 0.640. The van der Waals surface area contributed by atoms with Gasteiger partial charge in [-0.2, -0.15) is 5.26 Å². The fourth-order valence-corrected chi connectivity index (χ4v) is 2.70. The first-order chi connectivity index (χ1) is 12.7. The maximum atomic E-state index is 9.26. The number of pyridine rings is 2. The van der Waals surface area contributed by atoms with Crippen LogP contribution in [0.15, 0.2) is 21.8 Å². The summed E-state index contributed by atoms with van der Waals surface area (Å²) in [4.78, 5) is 13.0. The zero-order valence-corrected chi connectivity index (χ0v) is 14.0. The van der Waals surface area contributed by atoms with Gasteiger partial charge in [-0.1, -0.05) is 0 Å². The van der Waals surface area contributed by atoms with Gasteiger partial charge < -0.3 is 9.47 Å². The lowest BCUT2D eigenvalue weighted by Gasteiger charge is -2.26. The van der Waals surface area contributed by atoms with E-state index in [0.29, 0.717) is 53.6 Å². The molecule has 3 aromatic heterocycles. The second-order valence-corrected chi connectivity index (χ2v) is 5.84. The summed E-state index contributed by atoms with van der Waals surface area (Å²) in [5.74, 6) is 0.307. The molecule has 0 amide bonds. The van der Waals surface area contributed by atoms with E-state index >= 15 is 0 Å². The van der Waals surface area contributed by atoms with Gasteiger partial charge in [0.15, 0.2) is 5.52 Å². The fourth-order valence-electron chi connectivity index (χ4n) is 2.70. The van der Waals surface area contributed by atoms with Crippen LogP contribution in [-0.4, -0.2) is 46.3 Å². The van der Waals surface area contributed by atoms with Crippen molar-refractivity contribution in [3.63, 3.8) is 0 Å². The summed E-state index contributed by atoms with van der Waals surface area (Å²) in [7, 11) is 0. The summed E-state index contributed by atoms with van der Waals surface area (Å²) >= 11 is 0. The van der Waals surface area contributed by atoms with Crippen LogP contribution in [0, 0.1) is 18.3 Å². The van der Waals surface area contributed by atoms with E-state index in [1.807, 2.05) is 6.92 Å². The van der Waals surface area contributed by atoms with Gasteiger partial charge in [0.2, 0.25) is 11.5 Å². The van der Waals surface area contributed by atoms with Crippen molar-refractivity contribution in [2.75, 3.05) is 13.2 Å². The Hall–Kier alpha value is -3.38. The molecule has 0 atom stereocenters. The van der Waals surface area contributed by atoms with Gasteiger partial charge in [-0.05, 0) is 36.1 Å². The molecule has 4 heterocycles. The van der Waals surface area contributed by atoms with Crippen LogP contribution >= 0.6 is 0 Å². The number of hydrogen-bond donors (Lipinski definition) is 0. The number of ether oxygens (including phenoxy) is 2. The van der Waals surface area contributed by atoms with Crippen molar-refractivity contribution in [3.8, 4) is 11.9 Å². The van der Waals surface area contributed by atoms with E-state index in [-0.39, 0.29) is 6.10 Å². The average molecular weight is 350 g/mol. The predicted octanol–water partition coefficient (Wildman–Crippen LogP) is 1.89. The lowest BCUT2D eigenvalue weighted by atomic mass is 10.0. The molecule has 1 saturated heterocycles. The Morgan fingerprint density at radius 1 is 1.35 bits per heavy atom. The van der Waals surface area contributed by atoms with Crippen molar-refractivity contribution in [3.05, 3.63) is 34.6 Å². The number of aliphatic imine (C=N–C) groups is 1. The SMILES string of the molecule is C=Nc1c(Cc2ccc(C#N)c(OC3COC3)n2)c(C)nc2nonc12. The van der Waals surface area contributed by atoms with Gasteiger partial charge in [-0.15, -0.1) is 0 Å². The molecular formula is C17H14N6O3. The van der Waals surface area contributed by atoms with Crippen LogP contribution in [0.5, 0.6) is 5.88 Å². The summed E-state index contributed by atoms with van der Waals surface area (Å²) < 4.78 is 15.6. The van der Waals surface area contributed by atoms with Crippen molar-refractivity contribution in [2.24, 2.45) is 4.99 Å². The first-order valence-electron chi connectivity index (χ1n) is 7.92. The minimum atomic E-state index is -0.0730. The molecule has 130 valence electrons. The van der Waals surface area contributed by atoms with E-state index in [4.69, 9.17) is 14.1 Å². The second-order valence-electron chi connectivity index (χ2n) is 5.84. The summed E-state index contributed by atoms with van der Waals surface area (Å²) in [6.07, 6.45) is 0.357. The first kappa shape index (κ1) is 16.1. The van der Waals surface area contributed by atoms with Crippen molar-refractivity contribution in [1.29, 1.82) is 5.26 Å². The van der Waals surface area contributed by atoms with Gasteiger partial charge in [0.25, 0.3) is 0 Å². The summed E-state index contributed by atoms with van der Waals surface area (Å²) in [5.41, 5.74) is 4.05. The number of hydrogen-bond acceptors (Lipinski definition) is 9. The van der Waals surface area contributed by atoms with E-state index in [0.717, 1.165) is 11.3 Å². The Morgan fingerprint density at radius 3 is 2.88 bits per heavy atom. The zero-order valence-electron chi connectivity index (χ0n) is 14.0. The number of fused-ring (bicyclic) bond motifs is 1. The van der Waals surface area contributed by atoms with Gasteiger partial charge in [-0.25, -0.2) is 14.6 Å². The number of rotatable bonds is 5. The highest BCUT2D eigenvalue weighted by Crippen LogP contribution is 2.31. The van der Waals surface area contributed by atoms with Crippen LogP contribution in [-0.2, 0) is 11.2 Å². The highest BCUT2D eigenvalue weighted by Gasteiger charge is 2.23.